The lowest BCUT2D eigenvalue weighted by Gasteiger charge is -2.19. The Bertz CT molecular complexity index is 556. The van der Waals surface area contributed by atoms with Crippen LogP contribution in [-0.2, 0) is 0 Å². The first-order chi connectivity index (χ1) is 9.13. The van der Waals surface area contributed by atoms with Crippen LogP contribution in [0.4, 0.5) is 8.78 Å². The average molecular weight is 330 g/mol. The number of hydrogen-bond donors (Lipinski definition) is 1. The summed E-state index contributed by atoms with van der Waals surface area (Å²) in [6.45, 7) is 2.74. The molecule has 1 aromatic heterocycles. The van der Waals surface area contributed by atoms with E-state index in [1.807, 2.05) is 6.92 Å². The molecule has 1 aromatic carbocycles. The van der Waals surface area contributed by atoms with Gasteiger partial charge in [-0.2, -0.15) is 0 Å². The Morgan fingerprint density at radius 1 is 1.26 bits per heavy atom. The summed E-state index contributed by atoms with van der Waals surface area (Å²) >= 11 is 3.29. The van der Waals surface area contributed by atoms with Crippen molar-refractivity contribution < 1.29 is 13.2 Å². The van der Waals surface area contributed by atoms with E-state index >= 15 is 0 Å². The molecule has 19 heavy (non-hydrogen) atoms. The minimum atomic E-state index is -0.582. The van der Waals surface area contributed by atoms with Crippen LogP contribution in [-0.4, -0.2) is 6.54 Å². The molecule has 1 heterocycles. The molecule has 0 saturated heterocycles. The van der Waals surface area contributed by atoms with Crippen molar-refractivity contribution in [1.82, 2.24) is 5.32 Å². The van der Waals surface area contributed by atoms with Crippen LogP contribution < -0.4 is 5.32 Å². The molecule has 0 bridgehead atoms. The number of nitrogens with one attached hydrogen (secondary N) is 1. The van der Waals surface area contributed by atoms with Crippen LogP contribution in [0.15, 0.2) is 39.6 Å². The van der Waals surface area contributed by atoms with Crippen molar-refractivity contribution >= 4 is 15.9 Å². The third kappa shape index (κ3) is 3.22. The third-order valence-corrected chi connectivity index (χ3v) is 3.47. The van der Waals surface area contributed by atoms with Gasteiger partial charge in [-0.1, -0.05) is 13.0 Å². The van der Waals surface area contributed by atoms with Gasteiger partial charge in [-0.15, -0.1) is 0 Å². The molecule has 1 N–H and O–H groups in total. The van der Waals surface area contributed by atoms with Gasteiger partial charge in [0.15, 0.2) is 4.67 Å². The molecule has 0 aliphatic rings. The third-order valence-electron chi connectivity index (χ3n) is 2.83. The Morgan fingerprint density at radius 2 is 2.05 bits per heavy atom. The minimum Gasteiger partial charge on any atom is -0.457 e. The molecule has 2 aromatic rings. The van der Waals surface area contributed by atoms with Gasteiger partial charge in [0.05, 0.1) is 12.3 Å². The first kappa shape index (κ1) is 14.2. The summed E-state index contributed by atoms with van der Waals surface area (Å²) in [7, 11) is 0. The van der Waals surface area contributed by atoms with Gasteiger partial charge >= 0.3 is 0 Å². The van der Waals surface area contributed by atoms with Crippen LogP contribution in [0.1, 0.15) is 30.5 Å². The Labute approximate surface area is 118 Å². The molecular formula is C14H14BrF2NO. The number of halogens is 3. The standard InChI is InChI=1S/C14H14BrF2NO/c1-2-6-18-13(11-5-7-19-14(11)15)10-4-3-9(16)8-12(10)17/h3-5,7-8,13,18H,2,6H2,1H3. The fourth-order valence-corrected chi connectivity index (χ4v) is 2.39. The second kappa shape index (κ2) is 6.30. The zero-order valence-electron chi connectivity index (χ0n) is 10.4. The second-order valence-corrected chi connectivity index (χ2v) is 4.92. The van der Waals surface area contributed by atoms with Crippen molar-refractivity contribution in [2.75, 3.05) is 6.54 Å². The Morgan fingerprint density at radius 3 is 2.63 bits per heavy atom. The Balaban J connectivity index is 2.40. The molecule has 0 aliphatic heterocycles. The largest absolute Gasteiger partial charge is 0.457 e. The van der Waals surface area contributed by atoms with E-state index in [2.05, 4.69) is 21.2 Å². The summed E-state index contributed by atoms with van der Waals surface area (Å²) in [4.78, 5) is 0. The maximum Gasteiger partial charge on any atom is 0.174 e. The maximum absolute atomic E-state index is 13.9. The normalized spacial score (nSPS) is 12.6. The monoisotopic (exact) mass is 329 g/mol. The summed E-state index contributed by atoms with van der Waals surface area (Å²) in [5.41, 5.74) is 1.19. The van der Waals surface area contributed by atoms with Crippen molar-refractivity contribution in [2.24, 2.45) is 0 Å². The van der Waals surface area contributed by atoms with E-state index in [1.54, 1.807) is 6.07 Å². The lowest BCUT2D eigenvalue weighted by molar-refractivity contribution is 0.509. The average Bonchev–Trinajstić information content (AvgIpc) is 2.78. The van der Waals surface area contributed by atoms with E-state index in [4.69, 9.17) is 4.42 Å². The molecule has 102 valence electrons. The topological polar surface area (TPSA) is 25.2 Å². The van der Waals surface area contributed by atoms with E-state index in [0.29, 0.717) is 10.2 Å². The second-order valence-electron chi connectivity index (χ2n) is 4.20. The van der Waals surface area contributed by atoms with Crippen molar-refractivity contribution in [3.8, 4) is 0 Å². The number of benzene rings is 1. The predicted molar refractivity (Wildman–Crippen MR) is 72.9 cm³/mol. The number of furan rings is 1. The van der Waals surface area contributed by atoms with E-state index in [-0.39, 0.29) is 6.04 Å². The highest BCUT2D eigenvalue weighted by molar-refractivity contribution is 9.10. The van der Waals surface area contributed by atoms with Gasteiger partial charge in [0.25, 0.3) is 0 Å². The summed E-state index contributed by atoms with van der Waals surface area (Å²) in [5.74, 6) is -1.15. The van der Waals surface area contributed by atoms with E-state index < -0.39 is 11.6 Å². The first-order valence-corrected chi connectivity index (χ1v) is 6.84. The van der Waals surface area contributed by atoms with Crippen molar-refractivity contribution in [1.29, 1.82) is 0 Å². The lowest BCUT2D eigenvalue weighted by atomic mass is 10.0. The summed E-state index contributed by atoms with van der Waals surface area (Å²) in [6.07, 6.45) is 2.44. The lowest BCUT2D eigenvalue weighted by Crippen LogP contribution is -2.24. The van der Waals surface area contributed by atoms with Gasteiger partial charge < -0.3 is 9.73 Å². The molecule has 1 atom stereocenters. The minimum absolute atomic E-state index is 0.367. The smallest absolute Gasteiger partial charge is 0.174 e. The highest BCUT2D eigenvalue weighted by Gasteiger charge is 2.21. The zero-order chi connectivity index (χ0) is 13.8. The fraction of sp³-hybridized carbons (Fsp3) is 0.286. The van der Waals surface area contributed by atoms with E-state index in [1.165, 1.54) is 18.4 Å². The van der Waals surface area contributed by atoms with Gasteiger partial charge in [0, 0.05) is 17.2 Å². The molecule has 0 amide bonds. The number of hydrogen-bond acceptors (Lipinski definition) is 2. The van der Waals surface area contributed by atoms with E-state index in [0.717, 1.165) is 24.6 Å². The van der Waals surface area contributed by atoms with Gasteiger partial charge in [-0.25, -0.2) is 8.78 Å². The van der Waals surface area contributed by atoms with Crippen LogP contribution in [0.2, 0.25) is 0 Å². The van der Waals surface area contributed by atoms with Crippen LogP contribution in [0, 0.1) is 11.6 Å². The van der Waals surface area contributed by atoms with Gasteiger partial charge in [-0.05, 0) is 41.0 Å². The quantitative estimate of drug-likeness (QED) is 0.878. The molecule has 0 radical (unpaired) electrons. The summed E-state index contributed by atoms with van der Waals surface area (Å²) < 4.78 is 32.7. The molecule has 5 heteroatoms. The van der Waals surface area contributed by atoms with Crippen molar-refractivity contribution in [3.05, 3.63) is 58.0 Å². The van der Waals surface area contributed by atoms with E-state index in [9.17, 15) is 8.78 Å². The zero-order valence-corrected chi connectivity index (χ0v) is 12.0. The summed E-state index contributed by atoms with van der Waals surface area (Å²) in [5, 5.41) is 3.24. The molecule has 0 spiro atoms. The molecule has 0 aliphatic carbocycles. The molecular weight excluding hydrogens is 316 g/mol. The first-order valence-electron chi connectivity index (χ1n) is 6.04. The predicted octanol–water partition coefficient (Wildman–Crippen LogP) is 4.41. The van der Waals surface area contributed by atoms with Crippen LogP contribution in [0.3, 0.4) is 0 Å². The van der Waals surface area contributed by atoms with Crippen LogP contribution in [0.5, 0.6) is 0 Å². The van der Waals surface area contributed by atoms with Gasteiger partial charge in [-0.3, -0.25) is 0 Å². The number of rotatable bonds is 5. The molecule has 2 nitrogen and oxygen atoms in total. The molecule has 1 unspecified atom stereocenters. The molecule has 2 rings (SSSR count). The van der Waals surface area contributed by atoms with Crippen molar-refractivity contribution in [3.63, 3.8) is 0 Å². The molecule has 0 fully saturated rings. The van der Waals surface area contributed by atoms with Crippen LogP contribution >= 0.6 is 15.9 Å². The Kier molecular flexibility index (Phi) is 4.71. The van der Waals surface area contributed by atoms with Crippen LogP contribution in [0.25, 0.3) is 0 Å². The van der Waals surface area contributed by atoms with Gasteiger partial charge in [0.1, 0.15) is 11.6 Å². The highest BCUT2D eigenvalue weighted by atomic mass is 79.9. The maximum atomic E-state index is 13.9. The Hall–Kier alpha value is -1.20. The van der Waals surface area contributed by atoms with Crippen molar-refractivity contribution in [2.45, 2.75) is 19.4 Å². The fourth-order valence-electron chi connectivity index (χ4n) is 1.92. The molecule has 0 saturated carbocycles. The van der Waals surface area contributed by atoms with Gasteiger partial charge in [0.2, 0.25) is 0 Å². The highest BCUT2D eigenvalue weighted by Crippen LogP contribution is 2.31. The SMILES string of the molecule is CCCNC(c1ccc(F)cc1F)c1ccoc1Br. The summed E-state index contributed by atoms with van der Waals surface area (Å²) in [6, 6.07) is 5.00.